The molecule has 0 bridgehead atoms. The number of benzene rings is 1. The molecule has 1 aromatic carbocycles. The minimum Gasteiger partial charge on any atom is -0.487 e. The van der Waals surface area contributed by atoms with Gasteiger partial charge >= 0.3 is 5.63 Å². The van der Waals surface area contributed by atoms with E-state index < -0.39 is 5.63 Å². The molecule has 0 spiro atoms. The molecule has 27 heavy (non-hydrogen) atoms. The van der Waals surface area contributed by atoms with Gasteiger partial charge in [0, 0.05) is 23.7 Å². The smallest absolute Gasteiger partial charge is 0.336 e. The predicted octanol–water partition coefficient (Wildman–Crippen LogP) is 2.08. The number of rotatable bonds is 5. The summed E-state index contributed by atoms with van der Waals surface area (Å²) in [4.78, 5) is 23.9. The van der Waals surface area contributed by atoms with E-state index in [1.165, 1.54) is 6.07 Å². The zero-order valence-electron chi connectivity index (χ0n) is 16.0. The monoisotopic (exact) mass is 375 g/mol. The molecule has 1 aliphatic rings. The van der Waals surface area contributed by atoms with Crippen molar-refractivity contribution in [1.82, 2.24) is 5.32 Å². The second-order valence-electron chi connectivity index (χ2n) is 7.61. The number of aryl methyl sites for hydroxylation is 2. The van der Waals surface area contributed by atoms with Crippen LogP contribution in [0.4, 0.5) is 0 Å². The molecule has 3 rings (SSSR count). The summed E-state index contributed by atoms with van der Waals surface area (Å²) in [6.07, 6.45) is 1.52. The first kappa shape index (κ1) is 19.2. The Morgan fingerprint density at radius 3 is 2.85 bits per heavy atom. The van der Waals surface area contributed by atoms with Crippen molar-refractivity contribution in [2.75, 3.05) is 13.2 Å². The lowest BCUT2D eigenvalue weighted by atomic mass is 9.92. The highest BCUT2D eigenvalue weighted by molar-refractivity contribution is 5.91. The third-order valence-electron chi connectivity index (χ3n) is 4.64. The summed E-state index contributed by atoms with van der Waals surface area (Å²) in [6.45, 7) is 7.12. The first-order valence-corrected chi connectivity index (χ1v) is 9.02. The quantitative estimate of drug-likeness (QED) is 0.777. The van der Waals surface area contributed by atoms with Crippen LogP contribution in [0.3, 0.4) is 0 Å². The Labute approximate surface area is 157 Å². The van der Waals surface area contributed by atoms with E-state index >= 15 is 0 Å². The highest BCUT2D eigenvalue weighted by Gasteiger charge is 2.30. The number of amides is 1. The fraction of sp³-hybridized carbons (Fsp3) is 0.500. The van der Waals surface area contributed by atoms with Crippen molar-refractivity contribution >= 4 is 16.9 Å². The number of carbonyl (C=O) groups excluding carboxylic acids is 1. The van der Waals surface area contributed by atoms with Crippen molar-refractivity contribution < 1.29 is 23.8 Å². The maximum absolute atomic E-state index is 12.0. The first-order valence-electron chi connectivity index (χ1n) is 9.02. The molecular formula is C20H25NO6. The summed E-state index contributed by atoms with van der Waals surface area (Å²) in [5.41, 5.74) is 1.24. The van der Waals surface area contributed by atoms with Gasteiger partial charge in [-0.2, -0.15) is 0 Å². The van der Waals surface area contributed by atoms with Crippen LogP contribution in [0, 0.1) is 6.92 Å². The summed E-state index contributed by atoms with van der Waals surface area (Å²) >= 11 is 0. The number of nitrogens with one attached hydrogen (secondary N) is 1. The molecule has 0 aliphatic carbocycles. The number of aliphatic hydroxyl groups is 1. The molecule has 0 fully saturated rings. The van der Waals surface area contributed by atoms with Crippen LogP contribution in [0.25, 0.3) is 11.0 Å². The second-order valence-corrected chi connectivity index (χ2v) is 7.61. The van der Waals surface area contributed by atoms with Crippen LogP contribution in [0.5, 0.6) is 11.5 Å². The normalized spacial score (nSPS) is 16.3. The van der Waals surface area contributed by atoms with Crippen LogP contribution in [-0.4, -0.2) is 35.9 Å². The predicted molar refractivity (Wildman–Crippen MR) is 100 cm³/mol. The zero-order chi connectivity index (χ0) is 19.8. The molecule has 1 atom stereocenters. The molecule has 7 heteroatoms. The third-order valence-corrected chi connectivity index (χ3v) is 4.64. The van der Waals surface area contributed by atoms with Gasteiger partial charge in [-0.05, 0) is 46.1 Å². The molecule has 2 aromatic rings. The van der Waals surface area contributed by atoms with Crippen LogP contribution in [0.2, 0.25) is 0 Å². The Hall–Kier alpha value is -2.54. The van der Waals surface area contributed by atoms with Crippen LogP contribution >= 0.6 is 0 Å². The Kier molecular flexibility index (Phi) is 5.15. The lowest BCUT2D eigenvalue weighted by Crippen LogP contribution is -2.38. The highest BCUT2D eigenvalue weighted by atomic mass is 16.5. The van der Waals surface area contributed by atoms with Crippen LogP contribution in [0.1, 0.15) is 38.3 Å². The first-order chi connectivity index (χ1) is 12.7. The van der Waals surface area contributed by atoms with E-state index in [0.717, 1.165) is 18.4 Å². The largest absolute Gasteiger partial charge is 0.487 e. The topological polar surface area (TPSA) is 98.0 Å². The van der Waals surface area contributed by atoms with Crippen molar-refractivity contribution in [2.24, 2.45) is 0 Å². The van der Waals surface area contributed by atoms with Crippen LogP contribution in [-0.2, 0) is 11.2 Å². The summed E-state index contributed by atoms with van der Waals surface area (Å²) < 4.78 is 17.3. The van der Waals surface area contributed by atoms with Crippen molar-refractivity contribution in [3.05, 3.63) is 33.7 Å². The van der Waals surface area contributed by atoms with E-state index in [9.17, 15) is 9.59 Å². The Morgan fingerprint density at radius 1 is 1.41 bits per heavy atom. The van der Waals surface area contributed by atoms with Gasteiger partial charge in [-0.25, -0.2) is 4.79 Å². The van der Waals surface area contributed by atoms with E-state index in [1.54, 1.807) is 19.9 Å². The molecule has 0 saturated heterocycles. The molecule has 1 amide bonds. The summed E-state index contributed by atoms with van der Waals surface area (Å²) in [5.74, 6) is 0.680. The average molecular weight is 375 g/mol. The molecule has 0 unspecified atom stereocenters. The van der Waals surface area contributed by atoms with Gasteiger partial charge < -0.3 is 24.3 Å². The minimum absolute atomic E-state index is 0.152. The molecule has 7 nitrogen and oxygen atoms in total. The number of hydrogen-bond donors (Lipinski definition) is 2. The average Bonchev–Trinajstić information content (AvgIpc) is 2.57. The molecule has 1 aromatic heterocycles. The highest BCUT2D eigenvalue weighted by Crippen LogP contribution is 2.42. The lowest BCUT2D eigenvalue weighted by Gasteiger charge is -2.33. The Balaban J connectivity index is 2.01. The van der Waals surface area contributed by atoms with Crippen LogP contribution in [0.15, 0.2) is 21.3 Å². The van der Waals surface area contributed by atoms with Gasteiger partial charge in [0.25, 0.3) is 5.91 Å². The van der Waals surface area contributed by atoms with Gasteiger partial charge in [0.2, 0.25) is 0 Å². The number of aliphatic hydroxyl groups excluding tert-OH is 1. The lowest BCUT2D eigenvalue weighted by molar-refractivity contribution is -0.123. The van der Waals surface area contributed by atoms with Crippen molar-refractivity contribution in [1.29, 1.82) is 0 Å². The van der Waals surface area contributed by atoms with Gasteiger partial charge in [0.15, 0.2) is 6.61 Å². The Bertz CT molecular complexity index is 930. The van der Waals surface area contributed by atoms with E-state index in [1.807, 2.05) is 13.8 Å². The van der Waals surface area contributed by atoms with Gasteiger partial charge in [-0.1, -0.05) is 0 Å². The van der Waals surface area contributed by atoms with E-state index in [2.05, 4.69) is 5.32 Å². The van der Waals surface area contributed by atoms with E-state index in [4.69, 9.17) is 19.0 Å². The maximum atomic E-state index is 12.0. The standard InChI is InChI=1S/C20H25NO6/c1-11-7-17(24)26-19-13-5-6-20(3,4)27-14(13)8-15(18(11)19)25-10-16(23)21-12(2)9-22/h7-8,12,22H,5-6,9-10H2,1-4H3,(H,21,23)/t12-/m0/s1. The number of fused-ring (bicyclic) bond motifs is 3. The molecule has 0 radical (unpaired) electrons. The molecule has 1 aliphatic heterocycles. The molecule has 146 valence electrons. The van der Waals surface area contributed by atoms with Crippen molar-refractivity contribution in [2.45, 2.75) is 52.2 Å². The molecule has 0 saturated carbocycles. The second kappa shape index (κ2) is 7.23. The zero-order valence-corrected chi connectivity index (χ0v) is 16.0. The van der Waals surface area contributed by atoms with Gasteiger partial charge in [-0.3, -0.25) is 4.79 Å². The van der Waals surface area contributed by atoms with Gasteiger partial charge in [-0.15, -0.1) is 0 Å². The van der Waals surface area contributed by atoms with E-state index in [-0.39, 0.29) is 30.8 Å². The van der Waals surface area contributed by atoms with Gasteiger partial charge in [0.1, 0.15) is 22.7 Å². The van der Waals surface area contributed by atoms with Crippen molar-refractivity contribution in [3.63, 3.8) is 0 Å². The number of carbonyl (C=O) groups is 1. The number of hydrogen-bond acceptors (Lipinski definition) is 6. The fourth-order valence-corrected chi connectivity index (χ4v) is 3.24. The van der Waals surface area contributed by atoms with E-state index in [0.29, 0.717) is 28.0 Å². The molecule has 2 N–H and O–H groups in total. The summed E-state index contributed by atoms with van der Waals surface area (Å²) in [5, 5.41) is 12.3. The maximum Gasteiger partial charge on any atom is 0.336 e. The number of ether oxygens (including phenoxy) is 2. The van der Waals surface area contributed by atoms with Crippen LogP contribution < -0.4 is 20.4 Å². The van der Waals surface area contributed by atoms with Crippen molar-refractivity contribution in [3.8, 4) is 11.5 Å². The molecule has 2 heterocycles. The SMILES string of the molecule is Cc1cc(=O)oc2c3c(cc(OCC(=O)N[C@@H](C)CO)c12)OC(C)(C)CC3. The Morgan fingerprint density at radius 2 is 2.15 bits per heavy atom. The third kappa shape index (κ3) is 4.08. The summed E-state index contributed by atoms with van der Waals surface area (Å²) in [6, 6.07) is 2.81. The fourth-order valence-electron chi connectivity index (χ4n) is 3.24. The van der Waals surface area contributed by atoms with Gasteiger partial charge in [0.05, 0.1) is 12.0 Å². The summed E-state index contributed by atoms with van der Waals surface area (Å²) in [7, 11) is 0. The minimum atomic E-state index is -0.432. The molecular weight excluding hydrogens is 350 g/mol.